The Hall–Kier alpha value is -3.35. The van der Waals surface area contributed by atoms with Gasteiger partial charge in [-0.25, -0.2) is 4.79 Å². The number of aromatic hydroxyl groups is 1. The van der Waals surface area contributed by atoms with Crippen molar-refractivity contribution in [1.82, 2.24) is 0 Å². The second-order valence-electron chi connectivity index (χ2n) is 9.16. The van der Waals surface area contributed by atoms with Crippen LogP contribution in [0.15, 0.2) is 30.3 Å². The molecule has 0 bridgehead atoms. The highest BCUT2D eigenvalue weighted by Gasteiger charge is 2.25. The van der Waals surface area contributed by atoms with Crippen molar-refractivity contribution in [2.24, 2.45) is 0 Å². The SMILES string of the molecule is CCCC(=O)N(CC(=O)Nc1cc(C(=O)OC)ccc1C(C)(C)C)c1ccc(C)c(O)c1C. The Labute approximate surface area is 195 Å². The van der Waals surface area contributed by atoms with Crippen LogP contribution in [0.2, 0.25) is 0 Å². The number of carbonyl (C=O) groups excluding carboxylic acids is 3. The minimum Gasteiger partial charge on any atom is -0.507 e. The lowest BCUT2D eigenvalue weighted by Gasteiger charge is -2.27. The summed E-state index contributed by atoms with van der Waals surface area (Å²) in [6, 6.07) is 8.51. The predicted molar refractivity (Wildman–Crippen MR) is 130 cm³/mol. The normalized spacial score (nSPS) is 11.1. The first-order valence-corrected chi connectivity index (χ1v) is 11.0. The van der Waals surface area contributed by atoms with Crippen molar-refractivity contribution < 1.29 is 24.2 Å². The van der Waals surface area contributed by atoms with Gasteiger partial charge < -0.3 is 20.1 Å². The maximum Gasteiger partial charge on any atom is 0.337 e. The van der Waals surface area contributed by atoms with Crippen LogP contribution in [0.25, 0.3) is 0 Å². The van der Waals surface area contributed by atoms with Crippen molar-refractivity contribution in [3.8, 4) is 5.75 Å². The average molecular weight is 455 g/mol. The van der Waals surface area contributed by atoms with E-state index < -0.39 is 11.9 Å². The zero-order valence-corrected chi connectivity index (χ0v) is 20.5. The minimum absolute atomic E-state index is 0.100. The summed E-state index contributed by atoms with van der Waals surface area (Å²) >= 11 is 0. The lowest BCUT2D eigenvalue weighted by Crippen LogP contribution is -2.38. The number of nitrogens with zero attached hydrogens (tertiary/aromatic N) is 1. The topological polar surface area (TPSA) is 95.9 Å². The summed E-state index contributed by atoms with van der Waals surface area (Å²) in [5, 5.41) is 13.2. The number of benzene rings is 2. The van der Waals surface area contributed by atoms with E-state index in [0.717, 1.165) is 5.56 Å². The molecule has 178 valence electrons. The Morgan fingerprint density at radius 3 is 2.33 bits per heavy atom. The third-order valence-electron chi connectivity index (χ3n) is 5.48. The van der Waals surface area contributed by atoms with Crippen molar-refractivity contribution in [2.45, 2.75) is 59.8 Å². The highest BCUT2D eigenvalue weighted by atomic mass is 16.5. The van der Waals surface area contributed by atoms with Crippen LogP contribution < -0.4 is 10.2 Å². The van der Waals surface area contributed by atoms with Gasteiger partial charge in [0, 0.05) is 17.7 Å². The second-order valence-corrected chi connectivity index (χ2v) is 9.16. The van der Waals surface area contributed by atoms with E-state index in [0.29, 0.717) is 34.5 Å². The lowest BCUT2D eigenvalue weighted by atomic mass is 9.85. The molecule has 2 N–H and O–H groups in total. The summed E-state index contributed by atoms with van der Waals surface area (Å²) in [4.78, 5) is 39.4. The number of hydrogen-bond donors (Lipinski definition) is 2. The summed E-state index contributed by atoms with van der Waals surface area (Å²) < 4.78 is 4.81. The zero-order valence-electron chi connectivity index (χ0n) is 20.5. The molecule has 0 aliphatic rings. The van der Waals surface area contributed by atoms with Gasteiger partial charge in [-0.05, 0) is 55.0 Å². The first-order valence-electron chi connectivity index (χ1n) is 11.0. The van der Waals surface area contributed by atoms with Gasteiger partial charge in [0.2, 0.25) is 11.8 Å². The number of carbonyl (C=O) groups is 3. The highest BCUT2D eigenvalue weighted by Crippen LogP contribution is 2.33. The zero-order chi connectivity index (χ0) is 24.9. The second kappa shape index (κ2) is 10.5. The fourth-order valence-electron chi connectivity index (χ4n) is 3.65. The molecule has 0 saturated heterocycles. The van der Waals surface area contributed by atoms with Crippen LogP contribution in [0.3, 0.4) is 0 Å². The monoisotopic (exact) mass is 454 g/mol. The maximum atomic E-state index is 13.1. The molecule has 0 atom stereocenters. The number of hydrogen-bond acceptors (Lipinski definition) is 5. The van der Waals surface area contributed by atoms with Crippen LogP contribution in [-0.2, 0) is 19.7 Å². The Morgan fingerprint density at radius 1 is 1.09 bits per heavy atom. The number of aryl methyl sites for hydroxylation is 1. The summed E-state index contributed by atoms with van der Waals surface area (Å²) in [7, 11) is 1.30. The van der Waals surface area contributed by atoms with Crippen LogP contribution in [0.5, 0.6) is 5.75 Å². The minimum atomic E-state index is -0.503. The van der Waals surface area contributed by atoms with E-state index in [1.54, 1.807) is 44.2 Å². The standard InChI is InChI=1S/C26H34N2O5/c1-8-9-23(30)28(21-13-10-16(2)24(31)17(21)3)15-22(29)27-20-14-18(25(32)33-7)11-12-19(20)26(4,5)6/h10-14,31H,8-9,15H2,1-7H3,(H,27,29). The molecule has 0 unspecified atom stereocenters. The molecule has 0 heterocycles. The van der Waals surface area contributed by atoms with Gasteiger partial charge in [-0.2, -0.15) is 0 Å². The number of rotatable bonds is 7. The lowest BCUT2D eigenvalue weighted by molar-refractivity contribution is -0.121. The van der Waals surface area contributed by atoms with Gasteiger partial charge in [-0.15, -0.1) is 0 Å². The molecule has 2 aromatic carbocycles. The number of esters is 1. The molecule has 0 saturated carbocycles. The van der Waals surface area contributed by atoms with E-state index in [1.807, 2.05) is 27.7 Å². The number of phenolic OH excluding ortho intramolecular Hbond substituents is 1. The van der Waals surface area contributed by atoms with Gasteiger partial charge in [0.05, 0.1) is 18.4 Å². The van der Waals surface area contributed by atoms with E-state index >= 15 is 0 Å². The Morgan fingerprint density at radius 2 is 1.76 bits per heavy atom. The number of anilines is 2. The third kappa shape index (κ3) is 6.12. The fourth-order valence-corrected chi connectivity index (χ4v) is 3.65. The van der Waals surface area contributed by atoms with Crippen LogP contribution in [0.4, 0.5) is 11.4 Å². The largest absolute Gasteiger partial charge is 0.507 e. The first kappa shape index (κ1) is 25.9. The Bertz CT molecular complexity index is 1050. The number of phenols is 1. The molecule has 0 spiro atoms. The Kier molecular flexibility index (Phi) is 8.25. The van der Waals surface area contributed by atoms with Crippen molar-refractivity contribution in [2.75, 3.05) is 23.9 Å². The molecule has 0 aliphatic heterocycles. The molecule has 7 nitrogen and oxygen atoms in total. The van der Waals surface area contributed by atoms with Gasteiger partial charge in [0.25, 0.3) is 0 Å². The average Bonchev–Trinajstić information content (AvgIpc) is 2.75. The van der Waals surface area contributed by atoms with E-state index in [9.17, 15) is 19.5 Å². The summed E-state index contributed by atoms with van der Waals surface area (Å²) in [5.41, 5.74) is 3.08. The smallest absolute Gasteiger partial charge is 0.337 e. The van der Waals surface area contributed by atoms with Crippen LogP contribution in [0.1, 0.15) is 67.6 Å². The van der Waals surface area contributed by atoms with Crippen LogP contribution in [-0.4, -0.2) is 36.5 Å². The molecule has 2 aromatic rings. The predicted octanol–water partition coefficient (Wildman–Crippen LogP) is 4.86. The van der Waals surface area contributed by atoms with Crippen LogP contribution >= 0.6 is 0 Å². The molecule has 33 heavy (non-hydrogen) atoms. The summed E-state index contributed by atoms with van der Waals surface area (Å²) in [6.45, 7) is 11.2. The number of methoxy groups -OCH3 is 1. The maximum absolute atomic E-state index is 13.1. The van der Waals surface area contributed by atoms with E-state index in [2.05, 4.69) is 5.32 Å². The number of nitrogens with one attached hydrogen (secondary N) is 1. The van der Waals surface area contributed by atoms with Crippen LogP contribution in [0, 0.1) is 13.8 Å². The number of amides is 2. The molecule has 7 heteroatoms. The molecule has 0 fully saturated rings. The molecule has 0 aromatic heterocycles. The third-order valence-corrected chi connectivity index (χ3v) is 5.48. The molecular formula is C26H34N2O5. The molecule has 2 rings (SSSR count). The quantitative estimate of drug-likeness (QED) is 0.582. The highest BCUT2D eigenvalue weighted by molar-refractivity contribution is 6.04. The van der Waals surface area contributed by atoms with Crippen molar-refractivity contribution in [3.05, 3.63) is 52.6 Å². The number of ether oxygens (including phenoxy) is 1. The van der Waals surface area contributed by atoms with Crippen molar-refractivity contribution in [1.29, 1.82) is 0 Å². The fraction of sp³-hybridized carbons (Fsp3) is 0.423. The summed E-state index contributed by atoms with van der Waals surface area (Å²) in [5.74, 6) is -1.02. The van der Waals surface area contributed by atoms with Gasteiger partial charge >= 0.3 is 5.97 Å². The first-order chi connectivity index (χ1) is 15.4. The molecule has 0 aliphatic carbocycles. The van der Waals surface area contributed by atoms with Gasteiger partial charge in [0.15, 0.2) is 0 Å². The molecular weight excluding hydrogens is 420 g/mol. The van der Waals surface area contributed by atoms with Crippen molar-refractivity contribution in [3.63, 3.8) is 0 Å². The molecule has 0 radical (unpaired) electrons. The van der Waals surface area contributed by atoms with E-state index in [4.69, 9.17) is 4.74 Å². The van der Waals surface area contributed by atoms with Gasteiger partial charge in [0.1, 0.15) is 12.3 Å². The van der Waals surface area contributed by atoms with Gasteiger partial charge in [-0.1, -0.05) is 39.8 Å². The van der Waals surface area contributed by atoms with Crippen molar-refractivity contribution >= 4 is 29.2 Å². The van der Waals surface area contributed by atoms with E-state index in [-0.39, 0.29) is 30.0 Å². The Balaban J connectivity index is 2.42. The van der Waals surface area contributed by atoms with E-state index in [1.165, 1.54) is 12.0 Å². The van der Waals surface area contributed by atoms with Gasteiger partial charge in [-0.3, -0.25) is 9.59 Å². The molecule has 2 amide bonds. The summed E-state index contributed by atoms with van der Waals surface area (Å²) in [6.07, 6.45) is 0.898.